The van der Waals surface area contributed by atoms with Gasteiger partial charge in [-0.15, -0.1) is 0 Å². The maximum atomic E-state index is 13.9. The molecule has 0 aromatic heterocycles. The summed E-state index contributed by atoms with van der Waals surface area (Å²) in [5.74, 6) is -3.76. The molecule has 0 spiro atoms. The molecule has 0 bridgehead atoms. The minimum atomic E-state index is -1.63. The van der Waals surface area contributed by atoms with E-state index < -0.39 is 69.7 Å². The fourth-order valence-electron chi connectivity index (χ4n) is 6.43. The van der Waals surface area contributed by atoms with E-state index in [0.717, 1.165) is 0 Å². The predicted molar refractivity (Wildman–Crippen MR) is 229 cm³/mol. The summed E-state index contributed by atoms with van der Waals surface area (Å²) in [6.45, 7) is 11.0. The predicted octanol–water partition coefficient (Wildman–Crippen LogP) is 7.39. The Kier molecular flexibility index (Phi) is 13.4. The Bertz CT molecular complexity index is 2160. The highest BCUT2D eigenvalue weighted by atomic mass is 16.5. The van der Waals surface area contributed by atoms with E-state index in [9.17, 15) is 49.2 Å². The molecule has 4 N–H and O–H groups in total. The van der Waals surface area contributed by atoms with Gasteiger partial charge < -0.3 is 29.9 Å². The molecule has 12 nitrogen and oxygen atoms in total. The van der Waals surface area contributed by atoms with E-state index in [1.807, 2.05) is 0 Å². The molecule has 0 fully saturated rings. The van der Waals surface area contributed by atoms with Gasteiger partial charge in [0.15, 0.2) is 35.3 Å². The van der Waals surface area contributed by atoms with Crippen molar-refractivity contribution in [2.24, 2.45) is 0 Å². The number of benzene rings is 5. The summed E-state index contributed by atoms with van der Waals surface area (Å²) in [6.07, 6.45) is -2.17. The van der Waals surface area contributed by atoms with Gasteiger partial charge in [0.05, 0.1) is 11.1 Å². The van der Waals surface area contributed by atoms with Crippen LogP contribution >= 0.6 is 0 Å². The van der Waals surface area contributed by atoms with Gasteiger partial charge in [-0.05, 0) is 95.8 Å². The molecule has 322 valence electrons. The minimum Gasteiger partial charge on any atom is -0.449 e. The first-order valence-corrected chi connectivity index (χ1v) is 19.8. The van der Waals surface area contributed by atoms with E-state index in [1.165, 1.54) is 128 Å². The van der Waals surface area contributed by atoms with Gasteiger partial charge in [0.25, 0.3) is 0 Å². The fraction of sp³-hybridized carbons (Fsp3) is 0.280. The van der Waals surface area contributed by atoms with Crippen LogP contribution < -0.4 is 0 Å². The van der Waals surface area contributed by atoms with Crippen LogP contribution in [0.1, 0.15) is 152 Å². The lowest BCUT2D eigenvalue weighted by Gasteiger charge is -2.22. The number of ether oxygens (including phenoxy) is 2. The average molecular weight is 843 g/mol. The molecule has 62 heavy (non-hydrogen) atoms. The van der Waals surface area contributed by atoms with Crippen LogP contribution in [0.2, 0.25) is 0 Å². The summed E-state index contributed by atoms with van der Waals surface area (Å²) in [5.41, 5.74) is -3.92. The lowest BCUT2D eigenvalue weighted by molar-refractivity contribution is 0.0373. The molecule has 0 aliphatic heterocycles. The maximum absolute atomic E-state index is 13.9. The molecule has 0 aliphatic carbocycles. The zero-order valence-corrected chi connectivity index (χ0v) is 35.8. The third-order valence-electron chi connectivity index (χ3n) is 9.91. The highest BCUT2D eigenvalue weighted by molar-refractivity contribution is 6.03. The van der Waals surface area contributed by atoms with Crippen molar-refractivity contribution >= 4 is 35.1 Å². The molecular weight excluding hydrogens is 793 g/mol. The Morgan fingerprint density at radius 1 is 0.355 bits per heavy atom. The normalized spacial score (nSPS) is 12.2. The van der Waals surface area contributed by atoms with Crippen LogP contribution in [0.25, 0.3) is 0 Å². The third-order valence-corrected chi connectivity index (χ3v) is 9.91. The van der Waals surface area contributed by atoms with Crippen molar-refractivity contribution in [1.29, 1.82) is 0 Å². The number of aliphatic hydroxyl groups is 4. The topological polar surface area (TPSA) is 202 Å². The van der Waals surface area contributed by atoms with Gasteiger partial charge in [0.1, 0.15) is 22.4 Å². The maximum Gasteiger partial charge on any atom is 0.339 e. The molecule has 0 saturated carbocycles. The summed E-state index contributed by atoms with van der Waals surface area (Å²) in [4.78, 5) is 78.9. The van der Waals surface area contributed by atoms with E-state index in [2.05, 4.69) is 0 Å². The lowest BCUT2D eigenvalue weighted by Crippen LogP contribution is -2.31. The van der Waals surface area contributed by atoms with E-state index in [4.69, 9.17) is 9.47 Å². The van der Waals surface area contributed by atoms with Gasteiger partial charge in [0, 0.05) is 22.3 Å². The average Bonchev–Trinajstić information content (AvgIpc) is 3.22. The monoisotopic (exact) mass is 842 g/mol. The highest BCUT2D eigenvalue weighted by Gasteiger charge is 2.31. The van der Waals surface area contributed by atoms with Crippen molar-refractivity contribution in [3.05, 3.63) is 177 Å². The molecule has 12 heteroatoms. The second-order valence-electron chi connectivity index (χ2n) is 17.2. The van der Waals surface area contributed by atoms with Gasteiger partial charge >= 0.3 is 11.9 Å². The van der Waals surface area contributed by atoms with Gasteiger partial charge in [-0.3, -0.25) is 19.2 Å². The van der Waals surface area contributed by atoms with Crippen molar-refractivity contribution in [3.8, 4) is 0 Å². The zero-order valence-electron chi connectivity index (χ0n) is 35.8. The van der Waals surface area contributed by atoms with E-state index in [1.54, 1.807) is 48.5 Å². The fourth-order valence-corrected chi connectivity index (χ4v) is 6.43. The van der Waals surface area contributed by atoms with Crippen LogP contribution in [0, 0.1) is 0 Å². The van der Waals surface area contributed by atoms with Crippen LogP contribution in [0.15, 0.2) is 121 Å². The number of rotatable bonds is 16. The van der Waals surface area contributed by atoms with Gasteiger partial charge in [0.2, 0.25) is 0 Å². The van der Waals surface area contributed by atoms with Crippen molar-refractivity contribution in [2.75, 3.05) is 0 Å². The Morgan fingerprint density at radius 3 is 0.758 bits per heavy atom. The van der Waals surface area contributed by atoms with Gasteiger partial charge in [-0.1, -0.05) is 103 Å². The van der Waals surface area contributed by atoms with Crippen LogP contribution in [0.5, 0.6) is 0 Å². The molecule has 5 aromatic carbocycles. The SMILES string of the molecule is CC(C)(O)C(=O)c1ccc(C(OC(=O)c2cccc(C(=O)OC(c3ccc(C(=O)C(C)(C)O)cc3)c3ccc(C(=O)C(C)(C)O)cc3)c2)c2ccc(C(=O)C(C)(C)O)cc2)cc1. The molecule has 0 unspecified atom stereocenters. The third kappa shape index (κ3) is 11.1. The smallest absolute Gasteiger partial charge is 0.339 e. The van der Waals surface area contributed by atoms with Crippen molar-refractivity contribution in [3.63, 3.8) is 0 Å². The molecule has 0 aliphatic rings. The first-order chi connectivity index (χ1) is 28.8. The quantitative estimate of drug-likeness (QED) is 0.0568. The molecular formula is C50H50O12. The Labute approximate surface area is 359 Å². The molecule has 0 amide bonds. The first kappa shape index (κ1) is 46.6. The van der Waals surface area contributed by atoms with E-state index in [-0.39, 0.29) is 33.4 Å². The lowest BCUT2D eigenvalue weighted by atomic mass is 9.92. The number of esters is 2. The van der Waals surface area contributed by atoms with E-state index >= 15 is 0 Å². The zero-order chi connectivity index (χ0) is 45.9. The molecule has 0 saturated heterocycles. The van der Waals surface area contributed by atoms with Crippen LogP contribution in [-0.2, 0) is 9.47 Å². The number of hydrogen-bond acceptors (Lipinski definition) is 12. The Balaban J connectivity index is 1.47. The molecule has 0 radical (unpaired) electrons. The van der Waals surface area contributed by atoms with Gasteiger partial charge in [-0.25, -0.2) is 9.59 Å². The summed E-state index contributed by atoms with van der Waals surface area (Å²) in [5, 5.41) is 41.1. The second-order valence-corrected chi connectivity index (χ2v) is 17.2. The van der Waals surface area contributed by atoms with Crippen LogP contribution in [0.3, 0.4) is 0 Å². The number of Topliss-reactive ketones (excluding diaryl/α,β-unsaturated/α-hetero) is 4. The second kappa shape index (κ2) is 17.9. The van der Waals surface area contributed by atoms with E-state index in [0.29, 0.717) is 22.3 Å². The van der Waals surface area contributed by atoms with Crippen molar-refractivity contribution in [1.82, 2.24) is 0 Å². The summed E-state index contributed by atoms with van der Waals surface area (Å²) >= 11 is 0. The summed E-state index contributed by atoms with van der Waals surface area (Å²) in [6, 6.07) is 30.2. The molecule has 0 heterocycles. The minimum absolute atomic E-state index is 0.0207. The highest BCUT2D eigenvalue weighted by Crippen LogP contribution is 2.32. The number of hydrogen-bond donors (Lipinski definition) is 4. The Morgan fingerprint density at radius 2 is 0.565 bits per heavy atom. The Hall–Kier alpha value is -6.44. The van der Waals surface area contributed by atoms with Gasteiger partial charge in [-0.2, -0.15) is 0 Å². The largest absolute Gasteiger partial charge is 0.449 e. The molecule has 5 aromatic rings. The number of ketones is 4. The van der Waals surface area contributed by atoms with Crippen LogP contribution in [0.4, 0.5) is 0 Å². The first-order valence-electron chi connectivity index (χ1n) is 19.8. The summed E-state index contributed by atoms with van der Waals surface area (Å²) < 4.78 is 12.1. The molecule has 0 atom stereocenters. The standard InChI is InChI=1S/C50H50O12/c1-47(2,57)41(51)33-20-12-29(13-21-33)39(30-14-22-34(23-15-30)42(52)48(3,4)58)61-45(55)37-10-9-11-38(28-37)46(56)62-40(31-16-24-35(25-17-31)43(53)49(5,6)59)32-18-26-36(27-19-32)44(54)50(7,8)60/h9-28,39-40,57-60H,1-8H3. The van der Waals surface area contributed by atoms with Crippen molar-refractivity contribution < 1.29 is 58.7 Å². The molecule has 5 rings (SSSR count). The van der Waals surface area contributed by atoms with Crippen molar-refractivity contribution in [2.45, 2.75) is 90.0 Å². The number of carbonyl (C=O) groups excluding carboxylic acids is 6. The van der Waals surface area contributed by atoms with Crippen LogP contribution in [-0.4, -0.2) is 77.9 Å². The summed E-state index contributed by atoms with van der Waals surface area (Å²) in [7, 11) is 0. The number of carbonyl (C=O) groups is 6.